The molecule has 0 unspecified atom stereocenters. The Labute approximate surface area is 159 Å². The van der Waals surface area contributed by atoms with Crippen LogP contribution in [0, 0.1) is 25.6 Å². The van der Waals surface area contributed by atoms with Crippen molar-refractivity contribution in [3.63, 3.8) is 0 Å². The first-order valence-electron chi connectivity index (χ1n) is 9.20. The maximum Gasteiger partial charge on any atom is 0.228 e. The van der Waals surface area contributed by atoms with Gasteiger partial charge in [-0.2, -0.15) is 0 Å². The summed E-state index contributed by atoms with van der Waals surface area (Å²) in [6.07, 6.45) is 0.722. The van der Waals surface area contributed by atoms with Crippen LogP contribution >= 0.6 is 0 Å². The molecule has 4 rings (SSSR count). The Morgan fingerprint density at radius 3 is 1.93 bits per heavy atom. The third-order valence-electron chi connectivity index (χ3n) is 5.54. The number of benzene rings is 3. The summed E-state index contributed by atoms with van der Waals surface area (Å²) in [5.74, 6) is -0.772. The molecule has 0 bridgehead atoms. The molecule has 1 amide bonds. The summed E-state index contributed by atoms with van der Waals surface area (Å²) in [5, 5.41) is 2.78. The topological polar surface area (TPSA) is 29.1 Å². The lowest BCUT2D eigenvalue weighted by molar-refractivity contribution is -0.117. The van der Waals surface area contributed by atoms with E-state index in [4.69, 9.17) is 0 Å². The summed E-state index contributed by atoms with van der Waals surface area (Å²) in [7, 11) is 0. The van der Waals surface area contributed by atoms with E-state index in [9.17, 15) is 9.18 Å². The molecule has 1 N–H and O–H groups in total. The van der Waals surface area contributed by atoms with Crippen molar-refractivity contribution in [1.82, 2.24) is 0 Å². The summed E-state index contributed by atoms with van der Waals surface area (Å²) in [6, 6.07) is 23.0. The summed E-state index contributed by atoms with van der Waals surface area (Å²) in [6.45, 7) is 4.11. The SMILES string of the molecule is Cc1ccc(C2(c3ccc(C)cc3)C[C@@H]2C(=O)Nc2ccccc2F)cc1. The number of hydrogen-bond donors (Lipinski definition) is 1. The Morgan fingerprint density at radius 1 is 0.889 bits per heavy atom. The molecule has 1 fully saturated rings. The molecule has 0 heterocycles. The van der Waals surface area contributed by atoms with Gasteiger partial charge in [0.25, 0.3) is 0 Å². The number of anilines is 1. The van der Waals surface area contributed by atoms with E-state index in [-0.39, 0.29) is 22.9 Å². The lowest BCUT2D eigenvalue weighted by Crippen LogP contribution is -2.22. The number of para-hydroxylation sites is 1. The smallest absolute Gasteiger partial charge is 0.228 e. The van der Waals surface area contributed by atoms with Crippen molar-refractivity contribution in [3.8, 4) is 0 Å². The number of hydrogen-bond acceptors (Lipinski definition) is 1. The maximum atomic E-state index is 13.9. The number of halogens is 1. The number of nitrogens with one attached hydrogen (secondary N) is 1. The van der Waals surface area contributed by atoms with E-state index in [1.165, 1.54) is 17.2 Å². The van der Waals surface area contributed by atoms with E-state index in [1.54, 1.807) is 18.2 Å². The molecule has 0 aliphatic heterocycles. The molecule has 1 aliphatic rings. The second kappa shape index (κ2) is 6.66. The third kappa shape index (κ3) is 3.14. The van der Waals surface area contributed by atoms with Gasteiger partial charge < -0.3 is 5.32 Å². The predicted octanol–water partition coefficient (Wildman–Crippen LogP) is 5.39. The summed E-state index contributed by atoms with van der Waals surface area (Å²) < 4.78 is 13.9. The first kappa shape index (κ1) is 17.5. The Balaban J connectivity index is 1.69. The number of carbonyl (C=O) groups excluding carboxylic acids is 1. The van der Waals surface area contributed by atoms with E-state index >= 15 is 0 Å². The molecule has 1 saturated carbocycles. The van der Waals surface area contributed by atoms with Gasteiger partial charge in [-0.05, 0) is 43.5 Å². The van der Waals surface area contributed by atoms with Gasteiger partial charge in [-0.15, -0.1) is 0 Å². The van der Waals surface area contributed by atoms with Gasteiger partial charge in [0.1, 0.15) is 5.82 Å². The highest BCUT2D eigenvalue weighted by atomic mass is 19.1. The van der Waals surface area contributed by atoms with Crippen molar-refractivity contribution in [2.24, 2.45) is 5.92 Å². The van der Waals surface area contributed by atoms with Gasteiger partial charge >= 0.3 is 0 Å². The van der Waals surface area contributed by atoms with Crippen molar-refractivity contribution in [2.75, 3.05) is 5.32 Å². The molecule has 27 heavy (non-hydrogen) atoms. The summed E-state index contributed by atoms with van der Waals surface area (Å²) >= 11 is 0. The minimum absolute atomic E-state index is 0.138. The molecule has 3 aromatic carbocycles. The molecule has 1 aliphatic carbocycles. The Bertz CT molecular complexity index is 931. The minimum atomic E-state index is -0.414. The second-order valence-corrected chi connectivity index (χ2v) is 7.43. The van der Waals surface area contributed by atoms with E-state index in [0.717, 1.165) is 17.5 Å². The summed E-state index contributed by atoms with van der Waals surface area (Å²) in [5.41, 5.74) is 4.51. The molecule has 1 atom stereocenters. The number of carbonyl (C=O) groups is 1. The normalized spacial score (nSPS) is 17.4. The van der Waals surface area contributed by atoms with Gasteiger partial charge in [-0.1, -0.05) is 71.8 Å². The van der Waals surface area contributed by atoms with Crippen LogP contribution in [0.4, 0.5) is 10.1 Å². The number of aryl methyl sites for hydroxylation is 2. The van der Waals surface area contributed by atoms with Crippen LogP contribution in [-0.4, -0.2) is 5.91 Å². The van der Waals surface area contributed by atoms with Gasteiger partial charge in [-0.3, -0.25) is 4.79 Å². The molecule has 3 heteroatoms. The van der Waals surface area contributed by atoms with Gasteiger partial charge in [0.15, 0.2) is 0 Å². The van der Waals surface area contributed by atoms with Gasteiger partial charge in [-0.25, -0.2) is 4.39 Å². The molecule has 0 radical (unpaired) electrons. The first-order valence-corrected chi connectivity index (χ1v) is 9.20. The average molecular weight is 359 g/mol. The zero-order valence-electron chi connectivity index (χ0n) is 15.5. The van der Waals surface area contributed by atoms with Crippen LogP contribution in [0.2, 0.25) is 0 Å². The van der Waals surface area contributed by atoms with Crippen LogP contribution in [0.5, 0.6) is 0 Å². The van der Waals surface area contributed by atoms with Crippen LogP contribution in [0.1, 0.15) is 28.7 Å². The minimum Gasteiger partial charge on any atom is -0.323 e. The maximum absolute atomic E-state index is 13.9. The Kier molecular flexibility index (Phi) is 4.31. The zero-order valence-corrected chi connectivity index (χ0v) is 15.5. The Morgan fingerprint density at radius 2 is 1.41 bits per heavy atom. The van der Waals surface area contributed by atoms with Crippen molar-refractivity contribution in [1.29, 1.82) is 0 Å². The molecular formula is C24H22FNO. The van der Waals surface area contributed by atoms with Crippen LogP contribution in [0.3, 0.4) is 0 Å². The molecule has 136 valence electrons. The molecule has 0 aromatic heterocycles. The predicted molar refractivity (Wildman–Crippen MR) is 106 cm³/mol. The van der Waals surface area contributed by atoms with Crippen LogP contribution in [0.15, 0.2) is 72.8 Å². The number of amides is 1. The van der Waals surface area contributed by atoms with Crippen molar-refractivity contribution < 1.29 is 9.18 Å². The zero-order chi connectivity index (χ0) is 19.0. The van der Waals surface area contributed by atoms with Crippen LogP contribution < -0.4 is 5.32 Å². The van der Waals surface area contributed by atoms with E-state index in [0.29, 0.717) is 0 Å². The van der Waals surface area contributed by atoms with E-state index in [2.05, 4.69) is 67.7 Å². The fourth-order valence-electron chi connectivity index (χ4n) is 3.87. The van der Waals surface area contributed by atoms with Gasteiger partial charge in [0.05, 0.1) is 11.6 Å². The highest BCUT2D eigenvalue weighted by molar-refractivity contribution is 5.97. The van der Waals surface area contributed by atoms with E-state index < -0.39 is 5.82 Å². The molecular weight excluding hydrogens is 337 g/mol. The highest BCUT2D eigenvalue weighted by Crippen LogP contribution is 2.59. The monoisotopic (exact) mass is 359 g/mol. The number of rotatable bonds is 4. The van der Waals surface area contributed by atoms with Gasteiger partial charge in [0.2, 0.25) is 5.91 Å². The second-order valence-electron chi connectivity index (χ2n) is 7.43. The molecule has 0 saturated heterocycles. The molecule has 2 nitrogen and oxygen atoms in total. The largest absolute Gasteiger partial charge is 0.323 e. The third-order valence-corrected chi connectivity index (χ3v) is 5.54. The highest BCUT2D eigenvalue weighted by Gasteiger charge is 2.60. The lowest BCUT2D eigenvalue weighted by atomic mass is 9.85. The molecule has 0 spiro atoms. The standard InChI is InChI=1S/C24H22FNO/c1-16-7-11-18(12-8-16)24(19-13-9-17(2)10-14-19)15-20(24)23(27)26-22-6-4-3-5-21(22)25/h3-14,20H,15H2,1-2H3,(H,26,27)/t20-/m1/s1. The summed E-state index contributed by atoms with van der Waals surface area (Å²) in [4.78, 5) is 12.9. The van der Waals surface area contributed by atoms with E-state index in [1.807, 2.05) is 0 Å². The van der Waals surface area contributed by atoms with Crippen LogP contribution in [-0.2, 0) is 10.2 Å². The van der Waals surface area contributed by atoms with Crippen molar-refractivity contribution in [2.45, 2.75) is 25.7 Å². The lowest BCUT2D eigenvalue weighted by Gasteiger charge is -2.19. The average Bonchev–Trinajstić information content (AvgIpc) is 3.42. The first-order chi connectivity index (χ1) is 13.0. The fraction of sp³-hybridized carbons (Fsp3) is 0.208. The fourth-order valence-corrected chi connectivity index (χ4v) is 3.87. The van der Waals surface area contributed by atoms with Crippen molar-refractivity contribution in [3.05, 3.63) is 101 Å². The van der Waals surface area contributed by atoms with Gasteiger partial charge in [0, 0.05) is 5.41 Å². The Hall–Kier alpha value is -2.94. The molecule has 3 aromatic rings. The van der Waals surface area contributed by atoms with Crippen molar-refractivity contribution >= 4 is 11.6 Å². The van der Waals surface area contributed by atoms with Crippen LogP contribution in [0.25, 0.3) is 0 Å². The quantitative estimate of drug-likeness (QED) is 0.665.